The summed E-state index contributed by atoms with van der Waals surface area (Å²) in [4.78, 5) is 0. The molecule has 0 saturated carbocycles. The van der Waals surface area contributed by atoms with Gasteiger partial charge in [-0.15, -0.1) is 5.10 Å². The highest BCUT2D eigenvalue weighted by atomic mass is 35.5. The van der Waals surface area contributed by atoms with Crippen LogP contribution in [0, 0.1) is 5.82 Å². The molecule has 96 valence electrons. The van der Waals surface area contributed by atoms with E-state index in [9.17, 15) is 12.8 Å². The molecule has 2 N–H and O–H groups in total. The Morgan fingerprint density at radius 2 is 2.22 bits per heavy atom. The monoisotopic (exact) mass is 290 g/mol. The number of nitrogens with zero attached hydrogens (tertiary/aromatic N) is 2. The molecule has 18 heavy (non-hydrogen) atoms. The number of hydrogen-bond acceptors (Lipinski definition) is 4. The van der Waals surface area contributed by atoms with Gasteiger partial charge < -0.3 is 0 Å². The first kappa shape index (κ1) is 12.7. The summed E-state index contributed by atoms with van der Waals surface area (Å²) in [6.07, 6.45) is 4.12. The highest BCUT2D eigenvalue weighted by molar-refractivity contribution is 7.90. The zero-order chi connectivity index (χ0) is 13.2. The van der Waals surface area contributed by atoms with Gasteiger partial charge in [0, 0.05) is 6.20 Å². The van der Waals surface area contributed by atoms with Gasteiger partial charge in [-0.25, -0.2) is 4.39 Å². The van der Waals surface area contributed by atoms with Gasteiger partial charge in [-0.3, -0.25) is 10.1 Å². The van der Waals surface area contributed by atoms with Gasteiger partial charge in [0.2, 0.25) is 0 Å². The van der Waals surface area contributed by atoms with E-state index in [-0.39, 0.29) is 10.7 Å². The fourth-order valence-corrected chi connectivity index (χ4v) is 2.38. The summed E-state index contributed by atoms with van der Waals surface area (Å²) >= 11 is 5.72. The molecule has 1 aliphatic rings. The second-order valence-corrected chi connectivity index (χ2v) is 5.11. The Morgan fingerprint density at radius 1 is 1.44 bits per heavy atom. The van der Waals surface area contributed by atoms with Crippen LogP contribution in [0.5, 0.6) is 0 Å². The lowest BCUT2D eigenvalue weighted by molar-refractivity contribution is 0.380. The molecule has 0 amide bonds. The fourth-order valence-electron chi connectivity index (χ4n) is 1.18. The number of allylic oxidation sites excluding steroid dienone is 1. The minimum absolute atomic E-state index is 0.0462. The molecular formula is C9H8ClFN4O2S. The second kappa shape index (κ2) is 4.83. The van der Waals surface area contributed by atoms with E-state index in [1.165, 1.54) is 30.6 Å². The lowest BCUT2D eigenvalue weighted by atomic mass is 10.3. The van der Waals surface area contributed by atoms with Crippen LogP contribution in [0.4, 0.5) is 10.1 Å². The van der Waals surface area contributed by atoms with Crippen LogP contribution in [-0.4, -0.2) is 19.2 Å². The number of benzene rings is 1. The van der Waals surface area contributed by atoms with Crippen LogP contribution in [0.25, 0.3) is 0 Å². The molecule has 6 nitrogen and oxygen atoms in total. The van der Waals surface area contributed by atoms with Crippen molar-refractivity contribution in [3.05, 3.63) is 41.3 Å². The van der Waals surface area contributed by atoms with Crippen molar-refractivity contribution >= 4 is 33.7 Å². The van der Waals surface area contributed by atoms with Gasteiger partial charge in [-0.1, -0.05) is 22.2 Å². The van der Waals surface area contributed by atoms with Crippen LogP contribution in [0.1, 0.15) is 0 Å². The van der Waals surface area contributed by atoms with Crippen molar-refractivity contribution in [3.63, 3.8) is 0 Å². The third-order valence-electron chi connectivity index (χ3n) is 1.96. The number of rotatable bonds is 3. The van der Waals surface area contributed by atoms with Crippen molar-refractivity contribution in [2.45, 2.75) is 0 Å². The average molecular weight is 291 g/mol. The van der Waals surface area contributed by atoms with Crippen LogP contribution in [0.15, 0.2) is 35.6 Å². The number of hydrazine groups is 1. The molecule has 1 aliphatic heterocycles. The van der Waals surface area contributed by atoms with E-state index in [1.54, 1.807) is 0 Å². The smallest absolute Gasteiger partial charge is 0.274 e. The Balaban J connectivity index is 2.28. The van der Waals surface area contributed by atoms with E-state index in [0.717, 1.165) is 6.07 Å². The molecule has 1 aromatic rings. The molecule has 0 spiro atoms. The molecule has 1 aromatic carbocycles. The van der Waals surface area contributed by atoms with Crippen LogP contribution in [0.2, 0.25) is 5.02 Å². The summed E-state index contributed by atoms with van der Waals surface area (Å²) in [5.41, 5.74) is 2.03. The molecule has 0 radical (unpaired) electrons. The second-order valence-electron chi connectivity index (χ2n) is 3.20. The summed E-state index contributed by atoms with van der Waals surface area (Å²) < 4.78 is 39.7. The van der Waals surface area contributed by atoms with E-state index in [2.05, 4.69) is 10.5 Å². The Bertz CT molecular complexity index is 597. The predicted octanol–water partition coefficient (Wildman–Crippen LogP) is 1.46. The van der Waals surface area contributed by atoms with Crippen molar-refractivity contribution in [1.29, 1.82) is 0 Å². The molecule has 0 aromatic heterocycles. The molecule has 9 heteroatoms. The van der Waals surface area contributed by atoms with Crippen molar-refractivity contribution in [2.75, 3.05) is 4.72 Å². The average Bonchev–Trinajstić information content (AvgIpc) is 2.35. The van der Waals surface area contributed by atoms with E-state index < -0.39 is 16.0 Å². The molecule has 0 fully saturated rings. The van der Waals surface area contributed by atoms with Gasteiger partial charge in [-0.2, -0.15) is 8.42 Å². The Hall–Kier alpha value is -1.80. The van der Waals surface area contributed by atoms with E-state index in [0.29, 0.717) is 4.52 Å². The van der Waals surface area contributed by atoms with E-state index >= 15 is 0 Å². The topological polar surface area (TPSA) is 73.8 Å². The standard InChI is InChI=1S/C9H8ClFN4O2S/c10-7-3-1-4-8(11)9(7)14-18(16,17)15-12-5-2-6-13-15/h1-6,12,14H. The van der Waals surface area contributed by atoms with Crippen LogP contribution >= 0.6 is 11.6 Å². The minimum atomic E-state index is -4.08. The Morgan fingerprint density at radius 3 is 2.83 bits per heavy atom. The van der Waals surface area contributed by atoms with Gasteiger partial charge in [0.15, 0.2) is 0 Å². The molecule has 0 aliphatic carbocycles. The van der Waals surface area contributed by atoms with Gasteiger partial charge in [0.1, 0.15) is 11.5 Å². The van der Waals surface area contributed by atoms with Gasteiger partial charge >= 0.3 is 10.2 Å². The SMILES string of the molecule is O=S(=O)(Nc1c(F)cccc1Cl)N1N=CC=CN1. The zero-order valence-electron chi connectivity index (χ0n) is 8.84. The summed E-state index contributed by atoms with van der Waals surface area (Å²) in [5.74, 6) is -0.775. The third kappa shape index (κ3) is 2.54. The number of hydrogen-bond donors (Lipinski definition) is 2. The molecule has 0 unspecified atom stereocenters. The predicted molar refractivity (Wildman–Crippen MR) is 66.6 cm³/mol. The molecule has 0 atom stereocenters. The quantitative estimate of drug-likeness (QED) is 0.885. The first-order valence-electron chi connectivity index (χ1n) is 4.73. The van der Waals surface area contributed by atoms with Crippen molar-refractivity contribution < 1.29 is 12.8 Å². The third-order valence-corrected chi connectivity index (χ3v) is 3.39. The fraction of sp³-hybridized carbons (Fsp3) is 0. The highest BCUT2D eigenvalue weighted by Crippen LogP contribution is 2.26. The number of para-hydroxylation sites is 1. The van der Waals surface area contributed by atoms with E-state index in [4.69, 9.17) is 11.6 Å². The number of hydrazone groups is 1. The summed E-state index contributed by atoms with van der Waals surface area (Å²) in [6, 6.07) is 3.83. The van der Waals surface area contributed by atoms with Crippen molar-refractivity contribution in [1.82, 2.24) is 9.95 Å². The summed E-state index contributed by atoms with van der Waals surface area (Å²) in [6.45, 7) is 0. The van der Waals surface area contributed by atoms with Crippen molar-refractivity contribution in [3.8, 4) is 0 Å². The number of nitrogens with one attached hydrogen (secondary N) is 2. The highest BCUT2D eigenvalue weighted by Gasteiger charge is 2.22. The molecular weight excluding hydrogens is 283 g/mol. The minimum Gasteiger partial charge on any atom is -0.274 e. The molecule has 2 rings (SSSR count). The zero-order valence-corrected chi connectivity index (χ0v) is 10.4. The summed E-state index contributed by atoms with van der Waals surface area (Å²) in [7, 11) is -4.08. The van der Waals surface area contributed by atoms with Crippen LogP contribution < -0.4 is 10.1 Å². The van der Waals surface area contributed by atoms with Crippen molar-refractivity contribution in [2.24, 2.45) is 5.10 Å². The van der Waals surface area contributed by atoms with Gasteiger partial charge in [0.05, 0.1) is 11.2 Å². The van der Waals surface area contributed by atoms with Gasteiger partial charge in [-0.05, 0) is 18.2 Å². The number of halogens is 2. The lowest BCUT2D eigenvalue weighted by Gasteiger charge is -2.20. The van der Waals surface area contributed by atoms with E-state index in [1.807, 2.05) is 4.72 Å². The largest absolute Gasteiger partial charge is 0.357 e. The van der Waals surface area contributed by atoms with Gasteiger partial charge in [0.25, 0.3) is 0 Å². The maximum absolute atomic E-state index is 13.4. The Kier molecular flexibility index (Phi) is 3.39. The normalized spacial score (nSPS) is 14.4. The molecule has 0 bridgehead atoms. The molecule has 0 saturated heterocycles. The molecule has 1 heterocycles. The summed E-state index contributed by atoms with van der Waals surface area (Å²) in [5, 5.41) is 3.50. The maximum Gasteiger partial charge on any atom is 0.357 e. The first-order chi connectivity index (χ1) is 8.50. The number of anilines is 1. The van der Waals surface area contributed by atoms with Crippen LogP contribution in [-0.2, 0) is 10.2 Å². The Labute approximate surface area is 108 Å². The van der Waals surface area contributed by atoms with Crippen LogP contribution in [0.3, 0.4) is 0 Å². The lowest BCUT2D eigenvalue weighted by Crippen LogP contribution is -2.40. The first-order valence-corrected chi connectivity index (χ1v) is 6.55. The maximum atomic E-state index is 13.4.